The van der Waals surface area contributed by atoms with Gasteiger partial charge in [0.2, 0.25) is 0 Å². The van der Waals surface area contributed by atoms with Crippen molar-refractivity contribution in [2.75, 3.05) is 0 Å². The van der Waals surface area contributed by atoms with Gasteiger partial charge in [0.05, 0.1) is 0 Å². The molecule has 0 aromatic carbocycles. The Labute approximate surface area is 314 Å². The molecule has 0 spiro atoms. The summed E-state index contributed by atoms with van der Waals surface area (Å²) in [5, 5.41) is 0. The molecule has 0 atom stereocenters. The lowest BCUT2D eigenvalue weighted by Crippen LogP contribution is -2.64. The number of hydrogen-bond acceptors (Lipinski definition) is 1. The van der Waals surface area contributed by atoms with Crippen molar-refractivity contribution in [1.82, 2.24) is 4.90 Å². The van der Waals surface area contributed by atoms with Gasteiger partial charge < -0.3 is 0 Å². The topological polar surface area (TPSA) is 3.24 Å². The lowest BCUT2D eigenvalue weighted by Gasteiger charge is -2.57. The molecule has 0 fully saturated rings. The van der Waals surface area contributed by atoms with Crippen LogP contribution in [0.4, 0.5) is 0 Å². The smallest absolute Gasteiger partial charge is 0.0163 e. The van der Waals surface area contributed by atoms with Crippen molar-refractivity contribution in [3.8, 4) is 0 Å². The van der Waals surface area contributed by atoms with E-state index in [1.54, 1.807) is 0 Å². The Hall–Kier alpha value is -0.0400. The maximum Gasteiger partial charge on any atom is 0.0163 e. The van der Waals surface area contributed by atoms with Gasteiger partial charge in [-0.2, -0.15) is 0 Å². The molecule has 0 amide bonds. The SMILES string of the molecule is CCCCCCCCCCCCCC(C)(C)N(C(C)(C)CCCCCCCCCCCCC)C(C)(C)CCCCCCCCCCCCC. The van der Waals surface area contributed by atoms with Gasteiger partial charge in [0, 0.05) is 16.6 Å². The first-order valence-electron chi connectivity index (χ1n) is 23.4. The van der Waals surface area contributed by atoms with Crippen LogP contribution in [0.15, 0.2) is 0 Å². The van der Waals surface area contributed by atoms with Gasteiger partial charge in [-0.1, -0.05) is 233 Å². The van der Waals surface area contributed by atoms with E-state index in [9.17, 15) is 0 Å². The van der Waals surface area contributed by atoms with Crippen LogP contribution in [0.1, 0.15) is 293 Å². The molecule has 0 saturated carbocycles. The Morgan fingerprint density at radius 1 is 0.224 bits per heavy atom. The van der Waals surface area contributed by atoms with Crippen molar-refractivity contribution < 1.29 is 0 Å². The molecule has 49 heavy (non-hydrogen) atoms. The minimum absolute atomic E-state index is 0.238. The average Bonchev–Trinajstić information content (AvgIpc) is 3.04. The second-order valence-corrected chi connectivity index (χ2v) is 18.6. The molecule has 0 rings (SSSR count). The first kappa shape index (κ1) is 49.0. The van der Waals surface area contributed by atoms with E-state index in [1.807, 2.05) is 0 Å². The fraction of sp³-hybridized carbons (Fsp3) is 1.00. The quantitative estimate of drug-likeness (QED) is 0.0581. The summed E-state index contributed by atoms with van der Waals surface area (Å²) < 4.78 is 0. The zero-order valence-electron chi connectivity index (χ0n) is 36.4. The summed E-state index contributed by atoms with van der Waals surface area (Å²) in [6.45, 7) is 22.6. The summed E-state index contributed by atoms with van der Waals surface area (Å²) in [5.41, 5.74) is 0.714. The van der Waals surface area contributed by atoms with Crippen molar-refractivity contribution in [2.24, 2.45) is 0 Å². The van der Waals surface area contributed by atoms with Crippen LogP contribution < -0.4 is 0 Å². The summed E-state index contributed by atoms with van der Waals surface area (Å²) in [4.78, 5) is 3.05. The van der Waals surface area contributed by atoms with Crippen LogP contribution in [0.5, 0.6) is 0 Å². The van der Waals surface area contributed by atoms with Crippen molar-refractivity contribution in [3.63, 3.8) is 0 Å². The lowest BCUT2D eigenvalue weighted by molar-refractivity contribution is -0.0784. The maximum atomic E-state index is 3.05. The zero-order valence-corrected chi connectivity index (χ0v) is 36.4. The summed E-state index contributed by atoms with van der Waals surface area (Å²) in [6.07, 6.45) is 51.4. The minimum atomic E-state index is 0.238. The molecule has 0 aliphatic rings. The molecule has 0 radical (unpaired) electrons. The fourth-order valence-corrected chi connectivity index (χ4v) is 9.46. The molecule has 0 aromatic heterocycles. The molecular weight excluding hydrogens is 591 g/mol. The number of unbranched alkanes of at least 4 members (excludes halogenated alkanes) is 30. The van der Waals surface area contributed by atoms with E-state index in [0.29, 0.717) is 0 Å². The number of rotatable bonds is 39. The van der Waals surface area contributed by atoms with E-state index in [0.717, 1.165) is 0 Å². The van der Waals surface area contributed by atoms with Gasteiger partial charge in [-0.3, -0.25) is 4.90 Å². The Morgan fingerprint density at radius 2 is 0.367 bits per heavy atom. The highest BCUT2D eigenvalue weighted by Crippen LogP contribution is 2.41. The van der Waals surface area contributed by atoms with Crippen molar-refractivity contribution in [1.29, 1.82) is 0 Å². The summed E-state index contributed by atoms with van der Waals surface area (Å²) in [5.74, 6) is 0. The molecular formula is C48H99N. The van der Waals surface area contributed by atoms with E-state index in [2.05, 4.69) is 67.2 Å². The van der Waals surface area contributed by atoms with Crippen molar-refractivity contribution >= 4 is 0 Å². The van der Waals surface area contributed by atoms with E-state index in [-0.39, 0.29) is 16.6 Å². The van der Waals surface area contributed by atoms with Gasteiger partial charge in [0.15, 0.2) is 0 Å². The third-order valence-electron chi connectivity index (χ3n) is 12.0. The summed E-state index contributed by atoms with van der Waals surface area (Å²) in [6, 6.07) is 0. The van der Waals surface area contributed by atoms with Gasteiger partial charge >= 0.3 is 0 Å². The van der Waals surface area contributed by atoms with E-state index in [4.69, 9.17) is 0 Å². The zero-order chi connectivity index (χ0) is 36.5. The van der Waals surface area contributed by atoms with Crippen LogP contribution in [0, 0.1) is 0 Å². The Kier molecular flexibility index (Phi) is 32.6. The largest absolute Gasteiger partial charge is 0.288 e. The van der Waals surface area contributed by atoms with Gasteiger partial charge in [0.25, 0.3) is 0 Å². The van der Waals surface area contributed by atoms with E-state index >= 15 is 0 Å². The van der Waals surface area contributed by atoms with Gasteiger partial charge in [-0.05, 0) is 60.8 Å². The molecule has 1 nitrogen and oxygen atoms in total. The predicted octanol–water partition coefficient (Wildman–Crippen LogP) is 17.7. The molecule has 0 unspecified atom stereocenters. The standard InChI is InChI=1S/C48H99N/c1-10-13-16-19-22-25-28-31-34-37-40-43-46(4,5)49(47(6,7)44-41-38-35-32-29-26-23-20-17-14-11-2)48(8,9)45-42-39-36-33-30-27-24-21-18-15-12-3/h10-45H2,1-9H3. The normalized spacial score (nSPS) is 12.9. The van der Waals surface area contributed by atoms with E-state index < -0.39 is 0 Å². The molecule has 0 N–H and O–H groups in total. The monoisotopic (exact) mass is 690 g/mol. The second-order valence-electron chi connectivity index (χ2n) is 18.6. The molecule has 0 heterocycles. The molecule has 0 aromatic rings. The lowest BCUT2D eigenvalue weighted by atomic mass is 9.78. The highest BCUT2D eigenvalue weighted by molar-refractivity contribution is 5.00. The first-order chi connectivity index (χ1) is 23.5. The molecule has 0 aliphatic heterocycles. The molecule has 0 bridgehead atoms. The van der Waals surface area contributed by atoms with Crippen LogP contribution in [0.3, 0.4) is 0 Å². The van der Waals surface area contributed by atoms with E-state index in [1.165, 1.54) is 231 Å². The van der Waals surface area contributed by atoms with Crippen LogP contribution in [-0.2, 0) is 0 Å². The summed E-state index contributed by atoms with van der Waals surface area (Å²) >= 11 is 0. The third kappa shape index (κ3) is 28.2. The van der Waals surface area contributed by atoms with Crippen LogP contribution in [0.25, 0.3) is 0 Å². The number of nitrogens with zero attached hydrogens (tertiary/aromatic N) is 1. The highest BCUT2D eigenvalue weighted by Gasteiger charge is 2.45. The molecule has 0 aliphatic carbocycles. The van der Waals surface area contributed by atoms with Gasteiger partial charge in [0.1, 0.15) is 0 Å². The van der Waals surface area contributed by atoms with Crippen molar-refractivity contribution in [2.45, 2.75) is 310 Å². The molecule has 296 valence electrons. The Balaban J connectivity index is 4.87. The van der Waals surface area contributed by atoms with Gasteiger partial charge in [-0.15, -0.1) is 0 Å². The maximum absolute atomic E-state index is 3.05. The third-order valence-corrected chi connectivity index (χ3v) is 12.0. The Bertz CT molecular complexity index is 570. The minimum Gasteiger partial charge on any atom is -0.288 e. The number of hydrogen-bond donors (Lipinski definition) is 0. The first-order valence-corrected chi connectivity index (χ1v) is 23.4. The Morgan fingerprint density at radius 3 is 0.531 bits per heavy atom. The highest BCUT2D eigenvalue weighted by atomic mass is 15.3. The summed E-state index contributed by atoms with van der Waals surface area (Å²) in [7, 11) is 0. The predicted molar refractivity (Wildman–Crippen MR) is 227 cm³/mol. The average molecular weight is 690 g/mol. The van der Waals surface area contributed by atoms with Crippen LogP contribution in [0.2, 0.25) is 0 Å². The molecule has 1 heteroatoms. The molecule has 0 saturated heterocycles. The fourth-order valence-electron chi connectivity index (χ4n) is 9.46. The van der Waals surface area contributed by atoms with Crippen LogP contribution in [-0.4, -0.2) is 21.5 Å². The van der Waals surface area contributed by atoms with Gasteiger partial charge in [-0.25, -0.2) is 0 Å². The second kappa shape index (κ2) is 32.6. The van der Waals surface area contributed by atoms with Crippen molar-refractivity contribution in [3.05, 3.63) is 0 Å². The van der Waals surface area contributed by atoms with Crippen LogP contribution >= 0.6 is 0 Å².